The van der Waals surface area contributed by atoms with E-state index in [9.17, 15) is 0 Å². The first-order valence-corrected chi connectivity index (χ1v) is 14.1. The Morgan fingerprint density at radius 3 is 1.03 bits per heavy atom. The Labute approximate surface area is 204 Å². The molecule has 6 rings (SSSR count). The molecule has 0 saturated carbocycles. The van der Waals surface area contributed by atoms with Gasteiger partial charge in [-0.2, -0.15) is 0 Å². The lowest BCUT2D eigenvalue weighted by atomic mass is 9.94. The normalized spacial score (nSPS) is 19.7. The summed E-state index contributed by atoms with van der Waals surface area (Å²) in [5.74, 6) is 0. The molecule has 0 bridgehead atoms. The van der Waals surface area contributed by atoms with Crippen LogP contribution in [0.4, 0.5) is 0 Å². The van der Waals surface area contributed by atoms with Gasteiger partial charge in [0.1, 0.15) is 0 Å². The molecule has 1 radical (unpaired) electrons. The van der Waals surface area contributed by atoms with E-state index in [1.54, 1.807) is 0 Å². The van der Waals surface area contributed by atoms with Crippen molar-refractivity contribution in [1.82, 2.24) is 29.1 Å². The minimum absolute atomic E-state index is 0.158. The van der Waals surface area contributed by atoms with Crippen molar-refractivity contribution >= 4 is 7.12 Å². The highest BCUT2D eigenvalue weighted by Crippen LogP contribution is 2.23. The molecular weight excluding hydrogens is 419 g/mol. The van der Waals surface area contributed by atoms with Gasteiger partial charge in [0.25, 0.3) is 7.12 Å². The Balaban J connectivity index is 1.42. The molecule has 7 heteroatoms. The minimum atomic E-state index is -0.158. The molecule has 0 spiro atoms. The molecule has 34 heavy (non-hydrogen) atoms. The molecule has 0 aromatic carbocycles. The highest BCUT2D eigenvalue weighted by molar-refractivity contribution is 6.52. The molecule has 3 aliphatic rings. The van der Waals surface area contributed by atoms with E-state index in [1.807, 2.05) is 0 Å². The van der Waals surface area contributed by atoms with Crippen LogP contribution < -0.4 is 0 Å². The maximum absolute atomic E-state index is 5.19. The summed E-state index contributed by atoms with van der Waals surface area (Å²) in [5.41, 5.74) is 8.17. The average molecular weight is 458 g/mol. The van der Waals surface area contributed by atoms with Crippen LogP contribution in [0.1, 0.15) is 111 Å². The molecule has 181 valence electrons. The Morgan fingerprint density at radius 2 is 0.706 bits per heavy atom. The number of hydrogen-bond donors (Lipinski definition) is 0. The number of rotatable bonds is 3. The Hall–Kier alpha value is -2.31. The maximum atomic E-state index is 5.19. The fourth-order valence-electron chi connectivity index (χ4n) is 6.26. The van der Waals surface area contributed by atoms with Gasteiger partial charge >= 0.3 is 0 Å². The van der Waals surface area contributed by atoms with Gasteiger partial charge in [-0.15, -0.1) is 0 Å². The molecule has 0 unspecified atom stereocenters. The van der Waals surface area contributed by atoms with Gasteiger partial charge in [0.05, 0.1) is 17.1 Å². The van der Waals surface area contributed by atoms with Gasteiger partial charge in [0.15, 0.2) is 0 Å². The lowest BCUT2D eigenvalue weighted by Gasteiger charge is -2.29. The summed E-state index contributed by atoms with van der Waals surface area (Å²) in [6, 6.07) is 0. The average Bonchev–Trinajstić information content (AvgIpc) is 3.47. The van der Waals surface area contributed by atoms with Gasteiger partial charge in [-0.25, -0.2) is 15.3 Å². The van der Waals surface area contributed by atoms with Crippen LogP contribution in [0.2, 0.25) is 0 Å². The maximum Gasteiger partial charge on any atom is 0.260 e. The molecule has 0 saturated heterocycles. The van der Waals surface area contributed by atoms with Crippen LogP contribution in [0.3, 0.4) is 0 Å². The molecule has 3 heterocycles. The summed E-state index contributed by atoms with van der Waals surface area (Å²) < 4.78 is 6.53. The van der Waals surface area contributed by atoms with Gasteiger partial charge < -0.3 is 13.8 Å². The molecule has 3 aromatic rings. The zero-order chi connectivity index (χ0) is 22.7. The standard InChI is InChI=1S/C27H39BN6/c1-4-10-16-25-22(13-7-1)19-32(29-25)28(33-20-23-14-8-2-5-11-17-26(23)30-33)34-21-24-15-9-3-6-12-18-27(24)31-34/h19-21H,1-18H2/q-1. The number of hydrogen-bond acceptors (Lipinski definition) is 3. The van der Waals surface area contributed by atoms with Crippen molar-refractivity contribution < 1.29 is 0 Å². The second-order valence-electron chi connectivity index (χ2n) is 10.8. The Morgan fingerprint density at radius 1 is 0.412 bits per heavy atom. The Kier molecular flexibility index (Phi) is 6.61. The lowest BCUT2D eigenvalue weighted by molar-refractivity contribution is 0.609. The van der Waals surface area contributed by atoms with E-state index in [-0.39, 0.29) is 7.12 Å². The molecule has 0 N–H and O–H groups in total. The highest BCUT2D eigenvalue weighted by atomic mass is 15.4. The SMILES string of the molecule is c1c2c(nn1[B-](n1cc3c(n1)CCCCCC3)n1cc3c(n1)CCCCCC3)CCCCCC2. The molecular formula is C27H39BN6-. The van der Waals surface area contributed by atoms with Crippen LogP contribution in [-0.4, -0.2) is 36.2 Å². The largest absolute Gasteiger partial charge is 0.424 e. The van der Waals surface area contributed by atoms with E-state index in [0.29, 0.717) is 0 Å². The smallest absolute Gasteiger partial charge is 0.260 e. The summed E-state index contributed by atoms with van der Waals surface area (Å²) in [7, 11) is -0.158. The zero-order valence-electron chi connectivity index (χ0n) is 20.7. The molecule has 0 atom stereocenters. The van der Waals surface area contributed by atoms with Crippen LogP contribution in [-0.2, 0) is 38.5 Å². The van der Waals surface area contributed by atoms with E-state index in [4.69, 9.17) is 15.3 Å². The van der Waals surface area contributed by atoms with Crippen molar-refractivity contribution in [1.29, 1.82) is 0 Å². The van der Waals surface area contributed by atoms with E-state index >= 15 is 0 Å². The minimum Gasteiger partial charge on any atom is -0.424 e. The van der Waals surface area contributed by atoms with Crippen molar-refractivity contribution in [2.75, 3.05) is 0 Å². The van der Waals surface area contributed by atoms with Gasteiger partial charge in [-0.1, -0.05) is 38.5 Å². The van der Waals surface area contributed by atoms with Gasteiger partial charge in [0, 0.05) is 0 Å². The van der Waals surface area contributed by atoms with Crippen molar-refractivity contribution in [3.05, 3.63) is 52.4 Å². The fourth-order valence-corrected chi connectivity index (χ4v) is 6.26. The first kappa shape index (κ1) is 22.2. The quantitative estimate of drug-likeness (QED) is 0.508. The zero-order valence-corrected chi connectivity index (χ0v) is 20.7. The molecule has 3 aromatic heterocycles. The van der Waals surface area contributed by atoms with Gasteiger partial charge in [-0.3, -0.25) is 0 Å². The fraction of sp³-hybridized carbons (Fsp3) is 0.667. The monoisotopic (exact) mass is 458 g/mol. The van der Waals surface area contributed by atoms with Gasteiger partial charge in [-0.05, 0) is 112 Å². The predicted octanol–water partition coefficient (Wildman–Crippen LogP) is 5.18. The van der Waals surface area contributed by atoms with E-state index in [1.165, 1.54) is 111 Å². The van der Waals surface area contributed by atoms with Gasteiger partial charge in [0.2, 0.25) is 0 Å². The third kappa shape index (κ3) is 4.63. The molecule has 0 aliphatic heterocycles. The number of aromatic nitrogens is 6. The second-order valence-corrected chi connectivity index (χ2v) is 10.8. The van der Waals surface area contributed by atoms with Crippen LogP contribution in [0.25, 0.3) is 0 Å². The Bertz CT molecular complexity index is 894. The van der Waals surface area contributed by atoms with Crippen molar-refractivity contribution in [2.24, 2.45) is 0 Å². The molecule has 6 nitrogen and oxygen atoms in total. The van der Waals surface area contributed by atoms with Crippen LogP contribution >= 0.6 is 0 Å². The van der Waals surface area contributed by atoms with E-state index < -0.39 is 0 Å². The topological polar surface area (TPSA) is 53.5 Å². The summed E-state index contributed by atoms with van der Waals surface area (Å²) >= 11 is 0. The number of nitrogens with zero attached hydrogens (tertiary/aromatic N) is 6. The lowest BCUT2D eigenvalue weighted by Crippen LogP contribution is -2.43. The molecule has 0 fully saturated rings. The summed E-state index contributed by atoms with van der Waals surface area (Å²) in [5, 5.41) is 15.6. The number of aryl methyl sites for hydroxylation is 6. The predicted molar refractivity (Wildman–Crippen MR) is 136 cm³/mol. The summed E-state index contributed by atoms with van der Waals surface area (Å²) in [6.07, 6.45) is 29.2. The van der Waals surface area contributed by atoms with E-state index in [0.717, 1.165) is 38.5 Å². The van der Waals surface area contributed by atoms with Crippen molar-refractivity contribution in [3.63, 3.8) is 0 Å². The van der Waals surface area contributed by atoms with Crippen LogP contribution in [0.5, 0.6) is 0 Å². The molecule has 3 aliphatic carbocycles. The third-order valence-electron chi connectivity index (χ3n) is 8.22. The summed E-state index contributed by atoms with van der Waals surface area (Å²) in [6.45, 7) is 0. The first-order chi connectivity index (χ1) is 16.8. The molecule has 0 amide bonds. The number of fused-ring (bicyclic) bond motifs is 3. The van der Waals surface area contributed by atoms with Crippen molar-refractivity contribution in [3.8, 4) is 0 Å². The first-order valence-electron chi connectivity index (χ1n) is 14.1. The summed E-state index contributed by atoms with van der Waals surface area (Å²) in [4.78, 5) is 0. The van der Waals surface area contributed by atoms with Crippen LogP contribution in [0, 0.1) is 0 Å². The van der Waals surface area contributed by atoms with Crippen molar-refractivity contribution in [2.45, 2.75) is 116 Å². The highest BCUT2D eigenvalue weighted by Gasteiger charge is 2.20. The third-order valence-corrected chi connectivity index (χ3v) is 8.22. The van der Waals surface area contributed by atoms with Crippen LogP contribution in [0.15, 0.2) is 18.6 Å². The van der Waals surface area contributed by atoms with E-state index in [2.05, 4.69) is 32.4 Å². The second kappa shape index (κ2) is 10.1.